The van der Waals surface area contributed by atoms with Gasteiger partial charge in [-0.1, -0.05) is 5.16 Å². The van der Waals surface area contributed by atoms with Crippen LogP contribution in [0.1, 0.15) is 6.92 Å². The number of rotatable bonds is 4. The smallest absolute Gasteiger partial charge is 0.258 e. The van der Waals surface area contributed by atoms with Crippen molar-refractivity contribution in [1.29, 1.82) is 0 Å². The van der Waals surface area contributed by atoms with Crippen LogP contribution in [0.3, 0.4) is 0 Å². The van der Waals surface area contributed by atoms with Gasteiger partial charge >= 0.3 is 0 Å². The van der Waals surface area contributed by atoms with Gasteiger partial charge in [-0.15, -0.1) is 0 Å². The Kier molecular flexibility index (Phi) is 3.64. The lowest BCUT2D eigenvalue weighted by molar-refractivity contribution is 0.340. The van der Waals surface area contributed by atoms with Crippen molar-refractivity contribution in [3.05, 3.63) is 54.3 Å². The molecule has 1 heterocycles. The summed E-state index contributed by atoms with van der Waals surface area (Å²) in [5.41, 5.74) is 1.51. The fraction of sp³-hybridized carbons (Fsp3) is 0.125. The molecule has 0 bridgehead atoms. The minimum atomic E-state index is -0.301. The molecule has 106 valence electrons. The standard InChI is InChI=1S/C16H13FN2O2/c1-2-20-14-9-5-11(6-10-14)15-18-16(21-19-15)12-3-7-13(17)8-4-12/h3-10H,2H2,1H3. The van der Waals surface area contributed by atoms with E-state index in [1.807, 2.05) is 31.2 Å². The number of nitrogens with zero attached hydrogens (tertiary/aromatic N) is 2. The molecule has 2 aromatic carbocycles. The lowest BCUT2D eigenvalue weighted by Gasteiger charge is -2.02. The summed E-state index contributed by atoms with van der Waals surface area (Å²) in [4.78, 5) is 4.32. The van der Waals surface area contributed by atoms with Crippen LogP contribution in [0, 0.1) is 5.82 Å². The Hall–Kier alpha value is -2.69. The molecule has 3 rings (SSSR count). The largest absolute Gasteiger partial charge is 0.494 e. The molecule has 4 nitrogen and oxygen atoms in total. The maximum Gasteiger partial charge on any atom is 0.258 e. The number of hydrogen-bond acceptors (Lipinski definition) is 4. The molecule has 0 radical (unpaired) electrons. The third-order valence-electron chi connectivity index (χ3n) is 2.94. The molecular formula is C16H13FN2O2. The van der Waals surface area contributed by atoms with Gasteiger partial charge in [0.1, 0.15) is 11.6 Å². The number of hydrogen-bond donors (Lipinski definition) is 0. The fourth-order valence-corrected chi connectivity index (χ4v) is 1.92. The van der Waals surface area contributed by atoms with E-state index >= 15 is 0 Å². The van der Waals surface area contributed by atoms with E-state index in [1.165, 1.54) is 12.1 Å². The number of aromatic nitrogens is 2. The van der Waals surface area contributed by atoms with Crippen molar-refractivity contribution in [3.8, 4) is 28.6 Å². The van der Waals surface area contributed by atoms with Crippen LogP contribution in [0.15, 0.2) is 53.1 Å². The molecule has 21 heavy (non-hydrogen) atoms. The molecule has 0 spiro atoms. The van der Waals surface area contributed by atoms with E-state index in [-0.39, 0.29) is 5.82 Å². The number of benzene rings is 2. The van der Waals surface area contributed by atoms with Crippen molar-refractivity contribution in [3.63, 3.8) is 0 Å². The van der Waals surface area contributed by atoms with E-state index < -0.39 is 0 Å². The summed E-state index contributed by atoms with van der Waals surface area (Å²) in [5, 5.41) is 3.94. The molecule has 0 saturated carbocycles. The second-order valence-corrected chi connectivity index (χ2v) is 4.39. The van der Waals surface area contributed by atoms with Gasteiger partial charge in [0.15, 0.2) is 0 Å². The molecule has 0 aliphatic heterocycles. The summed E-state index contributed by atoms with van der Waals surface area (Å²) < 4.78 is 23.5. The predicted octanol–water partition coefficient (Wildman–Crippen LogP) is 3.94. The topological polar surface area (TPSA) is 48.2 Å². The van der Waals surface area contributed by atoms with Gasteiger partial charge in [-0.05, 0) is 55.5 Å². The second-order valence-electron chi connectivity index (χ2n) is 4.39. The number of halogens is 1. The zero-order valence-electron chi connectivity index (χ0n) is 11.4. The molecule has 0 amide bonds. The summed E-state index contributed by atoms with van der Waals surface area (Å²) in [5.74, 6) is 1.34. The Morgan fingerprint density at radius 1 is 1.00 bits per heavy atom. The molecular weight excluding hydrogens is 271 g/mol. The molecule has 0 fully saturated rings. The van der Waals surface area contributed by atoms with Gasteiger partial charge in [-0.2, -0.15) is 4.98 Å². The highest BCUT2D eigenvalue weighted by Crippen LogP contribution is 2.24. The first-order valence-electron chi connectivity index (χ1n) is 6.59. The molecule has 0 N–H and O–H groups in total. The Balaban J connectivity index is 1.85. The summed E-state index contributed by atoms with van der Waals surface area (Å²) in [7, 11) is 0. The second kappa shape index (κ2) is 5.75. The summed E-state index contributed by atoms with van der Waals surface area (Å²) >= 11 is 0. The Labute approximate surface area is 121 Å². The monoisotopic (exact) mass is 284 g/mol. The first-order chi connectivity index (χ1) is 10.3. The van der Waals surface area contributed by atoms with Crippen LogP contribution in [0.2, 0.25) is 0 Å². The molecule has 1 aromatic heterocycles. The molecule has 5 heteroatoms. The SMILES string of the molecule is CCOc1ccc(-c2noc(-c3ccc(F)cc3)n2)cc1. The fourth-order valence-electron chi connectivity index (χ4n) is 1.92. The molecule has 3 aromatic rings. The predicted molar refractivity (Wildman–Crippen MR) is 76.3 cm³/mol. The molecule has 0 unspecified atom stereocenters. The lowest BCUT2D eigenvalue weighted by atomic mass is 10.2. The van der Waals surface area contributed by atoms with Gasteiger partial charge < -0.3 is 9.26 Å². The third-order valence-corrected chi connectivity index (χ3v) is 2.94. The van der Waals surface area contributed by atoms with Crippen LogP contribution < -0.4 is 4.74 Å². The summed E-state index contributed by atoms with van der Waals surface area (Å²) in [6.07, 6.45) is 0. The quantitative estimate of drug-likeness (QED) is 0.728. The van der Waals surface area contributed by atoms with Crippen LogP contribution in [0.25, 0.3) is 22.8 Å². The van der Waals surface area contributed by atoms with Gasteiger partial charge in [0.05, 0.1) is 6.61 Å². The van der Waals surface area contributed by atoms with E-state index in [0.29, 0.717) is 23.9 Å². The maximum atomic E-state index is 12.9. The average molecular weight is 284 g/mol. The van der Waals surface area contributed by atoms with Crippen molar-refractivity contribution in [2.45, 2.75) is 6.92 Å². The Morgan fingerprint density at radius 2 is 1.67 bits per heavy atom. The Bertz CT molecular complexity index is 721. The van der Waals surface area contributed by atoms with Crippen LogP contribution in [0.5, 0.6) is 5.75 Å². The van der Waals surface area contributed by atoms with Crippen LogP contribution in [0.4, 0.5) is 4.39 Å². The van der Waals surface area contributed by atoms with Crippen molar-refractivity contribution < 1.29 is 13.7 Å². The van der Waals surface area contributed by atoms with E-state index in [9.17, 15) is 4.39 Å². The highest BCUT2D eigenvalue weighted by Gasteiger charge is 2.10. The van der Waals surface area contributed by atoms with Crippen molar-refractivity contribution in [2.24, 2.45) is 0 Å². The van der Waals surface area contributed by atoms with Crippen molar-refractivity contribution in [1.82, 2.24) is 10.1 Å². The normalized spacial score (nSPS) is 10.6. The van der Waals surface area contributed by atoms with Crippen LogP contribution >= 0.6 is 0 Å². The van der Waals surface area contributed by atoms with Gasteiger partial charge in [0.2, 0.25) is 5.82 Å². The Morgan fingerprint density at radius 3 is 2.33 bits per heavy atom. The summed E-state index contributed by atoms with van der Waals surface area (Å²) in [6.45, 7) is 2.55. The van der Waals surface area contributed by atoms with Gasteiger partial charge in [0, 0.05) is 11.1 Å². The first-order valence-corrected chi connectivity index (χ1v) is 6.59. The van der Waals surface area contributed by atoms with Crippen molar-refractivity contribution in [2.75, 3.05) is 6.61 Å². The zero-order chi connectivity index (χ0) is 14.7. The number of ether oxygens (including phenoxy) is 1. The lowest BCUT2D eigenvalue weighted by Crippen LogP contribution is -1.90. The molecule has 0 aliphatic rings. The van der Waals surface area contributed by atoms with Gasteiger partial charge in [0.25, 0.3) is 5.89 Å². The first kappa shape index (κ1) is 13.3. The van der Waals surface area contributed by atoms with Gasteiger partial charge in [-0.25, -0.2) is 4.39 Å². The highest BCUT2D eigenvalue weighted by molar-refractivity contribution is 5.60. The van der Waals surface area contributed by atoms with E-state index in [1.54, 1.807) is 12.1 Å². The van der Waals surface area contributed by atoms with Crippen molar-refractivity contribution >= 4 is 0 Å². The minimum Gasteiger partial charge on any atom is -0.494 e. The maximum absolute atomic E-state index is 12.9. The third kappa shape index (κ3) is 2.91. The summed E-state index contributed by atoms with van der Waals surface area (Å²) in [6, 6.07) is 13.4. The molecule has 0 atom stereocenters. The molecule has 0 aliphatic carbocycles. The highest BCUT2D eigenvalue weighted by atomic mass is 19.1. The van der Waals surface area contributed by atoms with E-state index in [4.69, 9.17) is 9.26 Å². The zero-order valence-corrected chi connectivity index (χ0v) is 11.4. The minimum absolute atomic E-state index is 0.301. The molecule has 0 saturated heterocycles. The van der Waals surface area contributed by atoms with E-state index in [2.05, 4.69) is 10.1 Å². The average Bonchev–Trinajstić information content (AvgIpc) is 2.99. The van der Waals surface area contributed by atoms with Crippen LogP contribution in [-0.4, -0.2) is 16.7 Å². The van der Waals surface area contributed by atoms with Crippen LogP contribution in [-0.2, 0) is 0 Å². The van der Waals surface area contributed by atoms with Gasteiger partial charge in [-0.3, -0.25) is 0 Å². The van der Waals surface area contributed by atoms with E-state index in [0.717, 1.165) is 11.3 Å².